The lowest BCUT2D eigenvalue weighted by atomic mass is 9.96. The largest absolute Gasteiger partial charge is 0.481 e. The number of aliphatic hydroxyl groups excluding tert-OH is 1. The van der Waals surface area contributed by atoms with E-state index >= 15 is 0 Å². The molecule has 0 unspecified atom stereocenters. The van der Waals surface area contributed by atoms with Crippen molar-refractivity contribution in [1.82, 2.24) is 0 Å². The van der Waals surface area contributed by atoms with E-state index in [0.29, 0.717) is 25.7 Å². The van der Waals surface area contributed by atoms with Crippen molar-refractivity contribution in [2.24, 2.45) is 0 Å². The zero-order valence-corrected chi connectivity index (χ0v) is 10.6. The number of aliphatic carboxylic acids is 1. The molecule has 102 valence electrons. The maximum absolute atomic E-state index is 11.2. The zero-order chi connectivity index (χ0) is 13.8. The number of benzene rings is 1. The van der Waals surface area contributed by atoms with Crippen LogP contribution in [0.5, 0.6) is 0 Å². The zero-order valence-electron chi connectivity index (χ0n) is 10.6. The van der Waals surface area contributed by atoms with E-state index in [1.165, 1.54) is 0 Å². The Morgan fingerprint density at radius 2 is 2.16 bits per heavy atom. The van der Waals surface area contributed by atoms with Gasteiger partial charge in [0.1, 0.15) is 0 Å². The molecule has 0 spiro atoms. The van der Waals surface area contributed by atoms with Crippen molar-refractivity contribution in [3.8, 4) is 0 Å². The van der Waals surface area contributed by atoms with E-state index in [-0.39, 0.29) is 12.3 Å². The van der Waals surface area contributed by atoms with Gasteiger partial charge in [0.15, 0.2) is 0 Å². The van der Waals surface area contributed by atoms with Gasteiger partial charge in [-0.15, -0.1) is 0 Å². The van der Waals surface area contributed by atoms with Crippen molar-refractivity contribution < 1.29 is 19.8 Å². The Kier molecular flexibility index (Phi) is 4.16. The Morgan fingerprint density at radius 3 is 2.89 bits per heavy atom. The van der Waals surface area contributed by atoms with Crippen molar-refractivity contribution in [3.05, 3.63) is 29.3 Å². The molecule has 1 aliphatic heterocycles. The van der Waals surface area contributed by atoms with E-state index in [1.54, 1.807) is 12.1 Å². The van der Waals surface area contributed by atoms with Crippen molar-refractivity contribution in [3.63, 3.8) is 0 Å². The Labute approximate surface area is 111 Å². The second kappa shape index (κ2) is 5.84. The number of anilines is 1. The fourth-order valence-corrected chi connectivity index (χ4v) is 2.22. The highest BCUT2D eigenvalue weighted by molar-refractivity contribution is 5.93. The molecular formula is C14H17NO4. The molecule has 1 aliphatic rings. The summed E-state index contributed by atoms with van der Waals surface area (Å²) in [5.41, 5.74) is 2.60. The van der Waals surface area contributed by atoms with Crippen LogP contribution in [0.25, 0.3) is 0 Å². The fourth-order valence-electron chi connectivity index (χ4n) is 2.22. The topological polar surface area (TPSA) is 86.6 Å². The number of carbonyl (C=O) groups excluding carboxylic acids is 1. The number of hydrogen-bond acceptors (Lipinski definition) is 3. The Morgan fingerprint density at radius 1 is 1.37 bits per heavy atom. The number of carboxylic acid groups (broad SMARTS) is 1. The van der Waals surface area contributed by atoms with Gasteiger partial charge in [0.05, 0.1) is 6.10 Å². The van der Waals surface area contributed by atoms with Gasteiger partial charge in [-0.05, 0) is 36.5 Å². The van der Waals surface area contributed by atoms with Crippen molar-refractivity contribution in [2.45, 2.75) is 38.2 Å². The molecule has 5 heteroatoms. The smallest absolute Gasteiger partial charge is 0.303 e. The van der Waals surface area contributed by atoms with Gasteiger partial charge in [0.25, 0.3) is 0 Å². The third-order valence-electron chi connectivity index (χ3n) is 3.28. The second-order valence-electron chi connectivity index (χ2n) is 4.77. The minimum absolute atomic E-state index is 0.0160. The van der Waals surface area contributed by atoms with Gasteiger partial charge in [-0.25, -0.2) is 0 Å². The molecule has 0 fully saturated rings. The number of carboxylic acids is 1. The van der Waals surface area contributed by atoms with Gasteiger partial charge in [-0.3, -0.25) is 9.59 Å². The van der Waals surface area contributed by atoms with Gasteiger partial charge < -0.3 is 15.5 Å². The molecule has 0 bridgehead atoms. The van der Waals surface area contributed by atoms with Gasteiger partial charge >= 0.3 is 5.97 Å². The van der Waals surface area contributed by atoms with E-state index in [4.69, 9.17) is 5.11 Å². The lowest BCUT2D eigenvalue weighted by molar-refractivity contribution is -0.137. The van der Waals surface area contributed by atoms with Crippen LogP contribution in [0.1, 0.15) is 42.9 Å². The standard InChI is InChI=1S/C14H17NO4/c16-12(2-1-3-14(18)19)10-4-6-11-9(8-10)5-7-13(17)15-11/h4,6,8,12,16H,1-3,5,7H2,(H,15,17)(H,18,19)/t12-/m1/s1. The molecule has 0 aromatic heterocycles. The van der Waals surface area contributed by atoms with Crippen molar-refractivity contribution in [1.29, 1.82) is 0 Å². The molecule has 1 atom stereocenters. The highest BCUT2D eigenvalue weighted by Crippen LogP contribution is 2.27. The maximum Gasteiger partial charge on any atom is 0.303 e. The van der Waals surface area contributed by atoms with Crippen LogP contribution < -0.4 is 5.32 Å². The molecule has 3 N–H and O–H groups in total. The summed E-state index contributed by atoms with van der Waals surface area (Å²) in [5.74, 6) is -0.831. The first kappa shape index (κ1) is 13.5. The highest BCUT2D eigenvalue weighted by atomic mass is 16.4. The summed E-state index contributed by atoms with van der Waals surface area (Å²) >= 11 is 0. The summed E-state index contributed by atoms with van der Waals surface area (Å²) < 4.78 is 0. The molecule has 0 saturated carbocycles. The predicted molar refractivity (Wildman–Crippen MR) is 69.8 cm³/mol. The van der Waals surface area contributed by atoms with E-state index in [2.05, 4.69) is 5.32 Å². The fraction of sp³-hybridized carbons (Fsp3) is 0.429. The minimum atomic E-state index is -0.847. The number of fused-ring (bicyclic) bond motifs is 1. The summed E-state index contributed by atoms with van der Waals surface area (Å²) in [5, 5.41) is 21.4. The highest BCUT2D eigenvalue weighted by Gasteiger charge is 2.17. The molecule has 1 heterocycles. The first-order valence-corrected chi connectivity index (χ1v) is 6.39. The van der Waals surface area contributed by atoms with Crippen molar-refractivity contribution >= 4 is 17.6 Å². The molecule has 1 aromatic carbocycles. The number of nitrogens with one attached hydrogen (secondary N) is 1. The normalized spacial score (nSPS) is 15.5. The number of rotatable bonds is 5. The van der Waals surface area contributed by atoms with Gasteiger partial charge in [0.2, 0.25) is 5.91 Å². The lowest BCUT2D eigenvalue weighted by Gasteiger charge is -2.19. The molecule has 19 heavy (non-hydrogen) atoms. The SMILES string of the molecule is O=C(O)CCC[C@@H](O)c1ccc2c(c1)CCC(=O)N2. The number of aliphatic hydroxyl groups is 1. The monoisotopic (exact) mass is 263 g/mol. The van der Waals surface area contributed by atoms with Gasteiger partial charge in [-0.2, -0.15) is 0 Å². The summed E-state index contributed by atoms with van der Waals surface area (Å²) in [6, 6.07) is 5.46. The first-order chi connectivity index (χ1) is 9.06. The molecule has 0 radical (unpaired) electrons. The number of hydrogen-bond donors (Lipinski definition) is 3. The van der Waals surface area contributed by atoms with Crippen LogP contribution >= 0.6 is 0 Å². The minimum Gasteiger partial charge on any atom is -0.481 e. The van der Waals surface area contributed by atoms with Crippen LogP contribution in [-0.4, -0.2) is 22.1 Å². The molecule has 5 nitrogen and oxygen atoms in total. The number of amides is 1. The van der Waals surface area contributed by atoms with Crippen molar-refractivity contribution in [2.75, 3.05) is 5.32 Å². The van der Waals surface area contributed by atoms with E-state index < -0.39 is 12.1 Å². The third kappa shape index (κ3) is 3.54. The summed E-state index contributed by atoms with van der Waals surface area (Å²) in [6.45, 7) is 0. The average Bonchev–Trinajstić information content (AvgIpc) is 2.37. The lowest BCUT2D eigenvalue weighted by Crippen LogP contribution is -2.19. The molecule has 1 amide bonds. The Bertz CT molecular complexity index is 498. The van der Waals surface area contributed by atoms with E-state index in [1.807, 2.05) is 6.07 Å². The summed E-state index contributed by atoms with van der Waals surface area (Å²) in [7, 11) is 0. The third-order valence-corrected chi connectivity index (χ3v) is 3.28. The van der Waals surface area contributed by atoms with E-state index in [0.717, 1.165) is 16.8 Å². The van der Waals surface area contributed by atoms with Crippen LogP contribution in [0.15, 0.2) is 18.2 Å². The Hall–Kier alpha value is -1.88. The predicted octanol–water partition coefficient (Wildman–Crippen LogP) is 1.86. The summed E-state index contributed by atoms with van der Waals surface area (Å²) in [4.78, 5) is 21.7. The maximum atomic E-state index is 11.2. The van der Waals surface area contributed by atoms with Crippen LogP contribution in [-0.2, 0) is 16.0 Å². The number of aryl methyl sites for hydroxylation is 1. The molecule has 0 saturated heterocycles. The Balaban J connectivity index is 2.01. The van der Waals surface area contributed by atoms with Gasteiger partial charge in [-0.1, -0.05) is 12.1 Å². The summed E-state index contributed by atoms with van der Waals surface area (Å²) in [6.07, 6.45) is 1.43. The second-order valence-corrected chi connectivity index (χ2v) is 4.77. The average molecular weight is 263 g/mol. The molecule has 2 rings (SSSR count). The van der Waals surface area contributed by atoms with Crippen LogP contribution in [0.3, 0.4) is 0 Å². The van der Waals surface area contributed by atoms with Crippen LogP contribution in [0.2, 0.25) is 0 Å². The van der Waals surface area contributed by atoms with E-state index in [9.17, 15) is 14.7 Å². The first-order valence-electron chi connectivity index (χ1n) is 6.39. The molecular weight excluding hydrogens is 246 g/mol. The van der Waals surface area contributed by atoms with Gasteiger partial charge in [0, 0.05) is 18.5 Å². The van der Waals surface area contributed by atoms with Crippen LogP contribution in [0.4, 0.5) is 5.69 Å². The van der Waals surface area contributed by atoms with Crippen LogP contribution in [0, 0.1) is 0 Å². The molecule has 1 aromatic rings. The quantitative estimate of drug-likeness (QED) is 0.756. The number of carbonyl (C=O) groups is 2. The molecule has 0 aliphatic carbocycles.